The van der Waals surface area contributed by atoms with Gasteiger partial charge in [-0.3, -0.25) is 9.59 Å². The lowest BCUT2D eigenvalue weighted by atomic mass is 10.1. The molecule has 166 valence electrons. The van der Waals surface area contributed by atoms with Crippen LogP contribution in [0, 0.1) is 0 Å². The molecule has 8 heteroatoms. The largest absolute Gasteiger partial charge is 0.495 e. The molecule has 0 aliphatic heterocycles. The Morgan fingerprint density at radius 1 is 0.970 bits per heavy atom. The van der Waals surface area contributed by atoms with Crippen molar-refractivity contribution in [1.29, 1.82) is 0 Å². The van der Waals surface area contributed by atoms with Gasteiger partial charge in [0.2, 0.25) is 5.78 Å². The van der Waals surface area contributed by atoms with Crippen LogP contribution in [0.1, 0.15) is 25.6 Å². The van der Waals surface area contributed by atoms with Gasteiger partial charge < -0.3 is 21.1 Å². The van der Waals surface area contributed by atoms with Gasteiger partial charge in [-0.15, -0.1) is 11.3 Å². The van der Waals surface area contributed by atoms with E-state index in [4.69, 9.17) is 22.1 Å². The average molecular weight is 478 g/mol. The molecule has 0 aliphatic rings. The molecule has 0 fully saturated rings. The van der Waals surface area contributed by atoms with E-state index < -0.39 is 5.91 Å². The van der Waals surface area contributed by atoms with E-state index >= 15 is 0 Å². The Morgan fingerprint density at radius 3 is 2.30 bits per heavy atom. The van der Waals surface area contributed by atoms with Crippen molar-refractivity contribution in [3.05, 3.63) is 99.9 Å². The van der Waals surface area contributed by atoms with Crippen LogP contribution in [0.15, 0.2) is 78.9 Å². The summed E-state index contributed by atoms with van der Waals surface area (Å²) < 4.78 is 5.41. The molecule has 0 saturated carbocycles. The zero-order chi connectivity index (χ0) is 23.4. The fourth-order valence-electron chi connectivity index (χ4n) is 3.26. The number of anilines is 4. The van der Waals surface area contributed by atoms with Crippen LogP contribution >= 0.6 is 22.9 Å². The van der Waals surface area contributed by atoms with Gasteiger partial charge in [0.1, 0.15) is 15.6 Å². The molecule has 3 aromatic carbocycles. The van der Waals surface area contributed by atoms with Gasteiger partial charge in [0.05, 0.1) is 24.0 Å². The van der Waals surface area contributed by atoms with E-state index in [1.807, 2.05) is 24.3 Å². The van der Waals surface area contributed by atoms with Crippen molar-refractivity contribution in [2.24, 2.45) is 0 Å². The molecule has 0 radical (unpaired) electrons. The Kier molecular flexibility index (Phi) is 6.63. The summed E-state index contributed by atoms with van der Waals surface area (Å²) in [6.45, 7) is 0. The number of hydrogen-bond acceptors (Lipinski definition) is 6. The highest BCUT2D eigenvalue weighted by molar-refractivity contribution is 7.19. The first kappa shape index (κ1) is 22.4. The zero-order valence-electron chi connectivity index (χ0n) is 17.6. The first-order valence-electron chi connectivity index (χ1n) is 9.97. The number of ketones is 1. The van der Waals surface area contributed by atoms with Crippen molar-refractivity contribution in [2.75, 3.05) is 23.5 Å². The van der Waals surface area contributed by atoms with Crippen LogP contribution in [0.4, 0.5) is 22.1 Å². The fourth-order valence-corrected chi connectivity index (χ4v) is 4.53. The monoisotopic (exact) mass is 477 g/mol. The third-order valence-corrected chi connectivity index (χ3v) is 6.21. The average Bonchev–Trinajstić information content (AvgIpc) is 3.15. The Morgan fingerprint density at radius 2 is 1.64 bits per heavy atom. The molecular weight excluding hydrogens is 458 g/mol. The predicted octanol–water partition coefficient (Wildman–Crippen LogP) is 6.22. The van der Waals surface area contributed by atoms with Gasteiger partial charge >= 0.3 is 0 Å². The number of halogens is 1. The lowest BCUT2D eigenvalue weighted by Crippen LogP contribution is -2.15. The number of hydrogen-bond donors (Lipinski definition) is 3. The van der Waals surface area contributed by atoms with Crippen LogP contribution in [0.25, 0.3) is 0 Å². The maximum Gasteiger partial charge on any atom is 0.260 e. The van der Waals surface area contributed by atoms with Gasteiger partial charge in [-0.1, -0.05) is 60.1 Å². The minimum absolute atomic E-state index is 0.103. The third kappa shape index (κ3) is 4.84. The van der Waals surface area contributed by atoms with E-state index in [-0.39, 0.29) is 21.9 Å². The maximum absolute atomic E-state index is 13.2. The molecule has 0 aliphatic carbocycles. The first-order valence-corrected chi connectivity index (χ1v) is 11.2. The molecule has 4 aromatic rings. The van der Waals surface area contributed by atoms with Gasteiger partial charge in [0.25, 0.3) is 5.91 Å². The second-order valence-corrected chi connectivity index (χ2v) is 8.49. The number of thiophene rings is 1. The third-order valence-electron chi connectivity index (χ3n) is 4.86. The quantitative estimate of drug-likeness (QED) is 0.275. The predicted molar refractivity (Wildman–Crippen MR) is 134 cm³/mol. The zero-order valence-corrected chi connectivity index (χ0v) is 19.2. The summed E-state index contributed by atoms with van der Waals surface area (Å²) in [5.74, 6) is -0.180. The summed E-state index contributed by atoms with van der Waals surface area (Å²) in [5.41, 5.74) is 8.28. The van der Waals surface area contributed by atoms with Gasteiger partial charge in [0.15, 0.2) is 0 Å². The van der Waals surface area contributed by atoms with Crippen LogP contribution in [0.5, 0.6) is 5.75 Å². The number of ether oxygens (including phenoxy) is 1. The number of carbonyl (C=O) groups excluding carboxylic acids is 2. The van der Waals surface area contributed by atoms with E-state index in [1.165, 1.54) is 7.11 Å². The number of nitrogen functional groups attached to an aromatic ring is 1. The Bertz CT molecular complexity index is 1310. The first-order chi connectivity index (χ1) is 16.0. The highest BCUT2D eigenvalue weighted by Crippen LogP contribution is 2.41. The fraction of sp³-hybridized carbons (Fsp3) is 0.0400. The molecule has 0 atom stereocenters. The molecule has 4 rings (SSSR count). The molecule has 0 bridgehead atoms. The molecule has 6 nitrogen and oxygen atoms in total. The van der Waals surface area contributed by atoms with E-state index in [2.05, 4.69) is 10.6 Å². The molecule has 0 saturated heterocycles. The van der Waals surface area contributed by atoms with Crippen LogP contribution in [-0.4, -0.2) is 18.8 Å². The number of amides is 1. The summed E-state index contributed by atoms with van der Waals surface area (Å²) in [6.07, 6.45) is 0. The summed E-state index contributed by atoms with van der Waals surface area (Å²) in [6, 6.07) is 22.9. The van der Waals surface area contributed by atoms with Crippen LogP contribution in [0.2, 0.25) is 5.02 Å². The minimum atomic E-state index is -0.439. The van der Waals surface area contributed by atoms with Crippen molar-refractivity contribution < 1.29 is 14.3 Å². The van der Waals surface area contributed by atoms with Crippen molar-refractivity contribution in [2.45, 2.75) is 0 Å². The lowest BCUT2D eigenvalue weighted by molar-refractivity contribution is 0.102. The van der Waals surface area contributed by atoms with E-state index in [0.29, 0.717) is 32.7 Å². The van der Waals surface area contributed by atoms with Crippen molar-refractivity contribution in [3.63, 3.8) is 0 Å². The van der Waals surface area contributed by atoms with Gasteiger partial charge in [-0.05, 0) is 30.3 Å². The van der Waals surface area contributed by atoms with Gasteiger partial charge in [-0.25, -0.2) is 0 Å². The number of nitrogens with two attached hydrogens (primary N) is 1. The van der Waals surface area contributed by atoms with Crippen molar-refractivity contribution in [1.82, 2.24) is 0 Å². The molecule has 1 amide bonds. The van der Waals surface area contributed by atoms with Crippen LogP contribution in [-0.2, 0) is 0 Å². The second kappa shape index (κ2) is 9.77. The Hall–Kier alpha value is -3.81. The molecular formula is C25H20ClN3O3S. The van der Waals surface area contributed by atoms with Gasteiger partial charge in [-0.2, -0.15) is 0 Å². The number of methoxy groups -OCH3 is 1. The van der Waals surface area contributed by atoms with E-state index in [0.717, 1.165) is 11.3 Å². The standard InChI is InChI=1S/C25H20ClN3O3S/c1-32-19-13-12-16(26)14-18(19)29-25-20(24(31)28-17-10-6-3-7-11-17)21(27)23(33-25)22(30)15-8-4-2-5-9-15/h2-14,29H,27H2,1H3,(H,28,31). The number of nitrogens with one attached hydrogen (secondary N) is 2. The maximum atomic E-state index is 13.2. The Balaban J connectivity index is 1.79. The van der Waals surface area contributed by atoms with E-state index in [1.54, 1.807) is 54.6 Å². The molecule has 1 aromatic heterocycles. The molecule has 0 unspecified atom stereocenters. The number of carbonyl (C=O) groups is 2. The SMILES string of the molecule is COc1ccc(Cl)cc1Nc1sc(C(=O)c2ccccc2)c(N)c1C(=O)Nc1ccccc1. The van der Waals surface area contributed by atoms with Crippen molar-refractivity contribution >= 4 is 56.7 Å². The summed E-state index contributed by atoms with van der Waals surface area (Å²) in [5, 5.41) is 6.91. The minimum Gasteiger partial charge on any atom is -0.495 e. The summed E-state index contributed by atoms with van der Waals surface area (Å²) >= 11 is 7.27. The Labute approximate surface area is 200 Å². The molecule has 4 N–H and O–H groups in total. The van der Waals surface area contributed by atoms with E-state index in [9.17, 15) is 9.59 Å². The van der Waals surface area contributed by atoms with Crippen molar-refractivity contribution in [3.8, 4) is 5.75 Å². The normalized spacial score (nSPS) is 10.5. The molecule has 1 heterocycles. The van der Waals surface area contributed by atoms with Crippen LogP contribution < -0.4 is 21.1 Å². The number of rotatable bonds is 7. The smallest absolute Gasteiger partial charge is 0.260 e. The van der Waals surface area contributed by atoms with Crippen LogP contribution in [0.3, 0.4) is 0 Å². The summed E-state index contributed by atoms with van der Waals surface area (Å²) in [4.78, 5) is 26.7. The second-order valence-electron chi connectivity index (χ2n) is 7.03. The number of benzene rings is 3. The van der Waals surface area contributed by atoms with Gasteiger partial charge in [0, 0.05) is 16.3 Å². The highest BCUT2D eigenvalue weighted by atomic mass is 35.5. The highest BCUT2D eigenvalue weighted by Gasteiger charge is 2.27. The molecule has 33 heavy (non-hydrogen) atoms. The molecule has 0 spiro atoms. The number of para-hydroxylation sites is 1. The lowest BCUT2D eigenvalue weighted by Gasteiger charge is -2.12. The summed E-state index contributed by atoms with van der Waals surface area (Å²) in [7, 11) is 1.53. The topological polar surface area (TPSA) is 93.4 Å².